The Kier molecular flexibility index (Phi) is 3.31. The molecule has 80 valence electrons. The second kappa shape index (κ2) is 4.90. The molecule has 0 bridgehead atoms. The van der Waals surface area contributed by atoms with Crippen molar-refractivity contribution in [1.82, 2.24) is 9.36 Å². The number of nitrogens with zero attached hydrogens (tertiary/aromatic N) is 2. The molecule has 0 amide bonds. The van der Waals surface area contributed by atoms with Gasteiger partial charge >= 0.3 is 0 Å². The molecule has 2 rings (SSSR count). The maximum Gasteiger partial charge on any atom is 0.210 e. The van der Waals surface area contributed by atoms with Gasteiger partial charge in [0.1, 0.15) is 0 Å². The third-order valence-corrected chi connectivity index (χ3v) is 2.42. The number of methoxy groups -OCH3 is 1. The first-order chi connectivity index (χ1) is 7.40. The van der Waals surface area contributed by atoms with Crippen LogP contribution in [0.3, 0.4) is 0 Å². The van der Waals surface area contributed by atoms with E-state index in [0.717, 1.165) is 11.7 Å². The summed E-state index contributed by atoms with van der Waals surface area (Å²) in [6.07, 6.45) is 1.61. The Morgan fingerprint density at radius 1 is 1.60 bits per heavy atom. The van der Waals surface area contributed by atoms with Gasteiger partial charge in [-0.1, -0.05) is 0 Å². The molecule has 0 aliphatic carbocycles. The first-order valence-corrected chi connectivity index (χ1v) is 5.28. The number of hydrogen-bond acceptors (Lipinski definition) is 6. The van der Waals surface area contributed by atoms with Crippen LogP contribution in [0.25, 0.3) is 11.6 Å². The monoisotopic (exact) mass is 225 g/mol. The smallest absolute Gasteiger partial charge is 0.210 e. The van der Waals surface area contributed by atoms with Crippen molar-refractivity contribution >= 4 is 16.7 Å². The Morgan fingerprint density at radius 3 is 3.27 bits per heavy atom. The summed E-state index contributed by atoms with van der Waals surface area (Å²) in [5, 5.41) is 3.88. The first kappa shape index (κ1) is 10.1. The van der Waals surface area contributed by atoms with E-state index in [1.54, 1.807) is 13.4 Å². The van der Waals surface area contributed by atoms with Gasteiger partial charge in [-0.2, -0.15) is 9.36 Å². The molecule has 0 saturated carbocycles. The second-order valence-corrected chi connectivity index (χ2v) is 3.57. The summed E-state index contributed by atoms with van der Waals surface area (Å²) in [4.78, 5) is 4.27. The van der Waals surface area contributed by atoms with E-state index in [0.29, 0.717) is 18.2 Å². The second-order valence-electron chi connectivity index (χ2n) is 2.82. The van der Waals surface area contributed by atoms with Gasteiger partial charge in [-0.3, -0.25) is 0 Å². The first-order valence-electron chi connectivity index (χ1n) is 4.50. The Morgan fingerprint density at radius 2 is 2.53 bits per heavy atom. The number of aromatic nitrogens is 2. The summed E-state index contributed by atoms with van der Waals surface area (Å²) >= 11 is 1.31. The van der Waals surface area contributed by atoms with Crippen LogP contribution in [0.1, 0.15) is 0 Å². The highest BCUT2D eigenvalue weighted by Gasteiger charge is 2.07. The normalized spacial score (nSPS) is 10.5. The zero-order valence-electron chi connectivity index (χ0n) is 8.27. The largest absolute Gasteiger partial charge is 0.461 e. The lowest BCUT2D eigenvalue weighted by atomic mass is 10.4. The van der Waals surface area contributed by atoms with Crippen molar-refractivity contribution in [3.05, 3.63) is 18.4 Å². The number of anilines is 1. The van der Waals surface area contributed by atoms with Crippen molar-refractivity contribution in [3.63, 3.8) is 0 Å². The van der Waals surface area contributed by atoms with Gasteiger partial charge in [0.25, 0.3) is 0 Å². The fourth-order valence-corrected chi connectivity index (χ4v) is 1.66. The minimum absolute atomic E-state index is 0.616. The van der Waals surface area contributed by atoms with Crippen molar-refractivity contribution in [1.29, 1.82) is 0 Å². The number of hydrogen-bond donors (Lipinski definition) is 1. The number of furan rings is 1. The molecule has 0 radical (unpaired) electrons. The predicted molar refractivity (Wildman–Crippen MR) is 58.0 cm³/mol. The lowest BCUT2D eigenvalue weighted by Crippen LogP contribution is -2.06. The molecule has 2 aromatic rings. The van der Waals surface area contributed by atoms with E-state index in [1.165, 1.54) is 11.5 Å². The molecular formula is C9H11N3O2S. The summed E-state index contributed by atoms with van der Waals surface area (Å²) in [5.74, 6) is 1.30. The van der Waals surface area contributed by atoms with Crippen LogP contribution in [0.5, 0.6) is 0 Å². The van der Waals surface area contributed by atoms with Crippen molar-refractivity contribution in [2.24, 2.45) is 0 Å². The molecule has 2 heterocycles. The van der Waals surface area contributed by atoms with E-state index < -0.39 is 0 Å². The van der Waals surface area contributed by atoms with Gasteiger partial charge in [0, 0.05) is 25.2 Å². The highest BCUT2D eigenvalue weighted by molar-refractivity contribution is 7.09. The molecule has 0 aromatic carbocycles. The molecule has 6 heteroatoms. The molecule has 0 aliphatic heterocycles. The summed E-state index contributed by atoms with van der Waals surface area (Å²) in [6.45, 7) is 1.37. The van der Waals surface area contributed by atoms with E-state index in [4.69, 9.17) is 9.15 Å². The zero-order valence-corrected chi connectivity index (χ0v) is 9.08. The van der Waals surface area contributed by atoms with Gasteiger partial charge < -0.3 is 14.5 Å². The van der Waals surface area contributed by atoms with Crippen LogP contribution in [0.15, 0.2) is 22.8 Å². The third-order valence-electron chi connectivity index (χ3n) is 1.75. The van der Waals surface area contributed by atoms with Crippen molar-refractivity contribution < 1.29 is 9.15 Å². The third kappa shape index (κ3) is 2.54. The van der Waals surface area contributed by atoms with Gasteiger partial charge in [0.05, 0.1) is 12.9 Å². The Labute approximate surface area is 91.3 Å². The Hall–Kier alpha value is -1.40. The van der Waals surface area contributed by atoms with E-state index in [-0.39, 0.29) is 0 Å². The van der Waals surface area contributed by atoms with Gasteiger partial charge in [0.15, 0.2) is 5.76 Å². The van der Waals surface area contributed by atoms with E-state index >= 15 is 0 Å². The molecular weight excluding hydrogens is 214 g/mol. The highest BCUT2D eigenvalue weighted by Crippen LogP contribution is 2.20. The molecule has 0 spiro atoms. The molecule has 0 saturated heterocycles. The fraction of sp³-hybridized carbons (Fsp3) is 0.333. The molecule has 0 fully saturated rings. The SMILES string of the molecule is COCCNc1nc(-c2ccco2)ns1. The van der Waals surface area contributed by atoms with Crippen LogP contribution in [0.2, 0.25) is 0 Å². The van der Waals surface area contributed by atoms with Gasteiger partial charge in [-0.15, -0.1) is 0 Å². The molecule has 2 aromatic heterocycles. The molecule has 1 N–H and O–H groups in total. The summed E-state index contributed by atoms with van der Waals surface area (Å²) in [7, 11) is 1.66. The van der Waals surface area contributed by atoms with Crippen LogP contribution in [-0.4, -0.2) is 29.6 Å². The Balaban J connectivity index is 1.98. The number of nitrogens with one attached hydrogen (secondary N) is 1. The van der Waals surface area contributed by atoms with Crippen molar-refractivity contribution in [2.45, 2.75) is 0 Å². The Bertz CT molecular complexity index is 399. The number of rotatable bonds is 5. The van der Waals surface area contributed by atoms with Crippen LogP contribution in [0, 0.1) is 0 Å². The van der Waals surface area contributed by atoms with Crippen molar-refractivity contribution in [3.8, 4) is 11.6 Å². The minimum Gasteiger partial charge on any atom is -0.461 e. The molecule has 0 atom stereocenters. The molecule has 0 unspecified atom stereocenters. The van der Waals surface area contributed by atoms with Gasteiger partial charge in [-0.05, 0) is 12.1 Å². The maximum atomic E-state index is 5.19. The van der Waals surface area contributed by atoms with Crippen molar-refractivity contribution in [2.75, 3.05) is 25.6 Å². The van der Waals surface area contributed by atoms with Crippen LogP contribution in [-0.2, 0) is 4.74 Å². The van der Waals surface area contributed by atoms with Gasteiger partial charge in [-0.25, -0.2) is 0 Å². The lowest BCUT2D eigenvalue weighted by molar-refractivity contribution is 0.211. The van der Waals surface area contributed by atoms with E-state index in [2.05, 4.69) is 14.7 Å². The van der Waals surface area contributed by atoms with E-state index in [9.17, 15) is 0 Å². The average Bonchev–Trinajstić information content (AvgIpc) is 2.87. The molecule has 0 aliphatic rings. The van der Waals surface area contributed by atoms with Crippen LogP contribution in [0.4, 0.5) is 5.13 Å². The summed E-state index contributed by atoms with van der Waals surface area (Å²) in [5.41, 5.74) is 0. The van der Waals surface area contributed by atoms with E-state index in [1.807, 2.05) is 12.1 Å². The van der Waals surface area contributed by atoms with Crippen LogP contribution < -0.4 is 5.32 Å². The standard InChI is InChI=1S/C9H11N3O2S/c1-13-6-4-10-9-11-8(12-15-9)7-3-2-5-14-7/h2-3,5H,4,6H2,1H3,(H,10,11,12). The zero-order chi connectivity index (χ0) is 10.5. The predicted octanol–water partition coefficient (Wildman–Crippen LogP) is 1.86. The minimum atomic E-state index is 0.616. The molecule has 15 heavy (non-hydrogen) atoms. The summed E-state index contributed by atoms with van der Waals surface area (Å²) < 4.78 is 14.3. The average molecular weight is 225 g/mol. The maximum absolute atomic E-state index is 5.19. The van der Waals surface area contributed by atoms with Gasteiger partial charge in [0.2, 0.25) is 11.0 Å². The molecule has 5 nitrogen and oxygen atoms in total. The fourth-order valence-electron chi connectivity index (χ4n) is 1.06. The quantitative estimate of drug-likeness (QED) is 0.787. The van der Waals surface area contributed by atoms with Crippen LogP contribution >= 0.6 is 11.5 Å². The topological polar surface area (TPSA) is 60.2 Å². The summed E-state index contributed by atoms with van der Waals surface area (Å²) in [6, 6.07) is 3.65. The number of ether oxygens (including phenoxy) is 1. The lowest BCUT2D eigenvalue weighted by Gasteiger charge is -1.98. The highest BCUT2D eigenvalue weighted by atomic mass is 32.1.